The van der Waals surface area contributed by atoms with Crippen molar-refractivity contribution in [3.8, 4) is 28.4 Å². The molecule has 260 valence electrons. The molecule has 0 fully saturated rings. The van der Waals surface area contributed by atoms with Crippen LogP contribution in [0.15, 0.2) is 97.1 Å². The van der Waals surface area contributed by atoms with Crippen LogP contribution in [0.5, 0.6) is 17.2 Å². The molecular weight excluding hydrogens is 666 g/mol. The van der Waals surface area contributed by atoms with Crippen molar-refractivity contribution in [2.24, 2.45) is 0 Å². The van der Waals surface area contributed by atoms with Gasteiger partial charge in [0.05, 0.1) is 17.7 Å². The highest BCUT2D eigenvalue weighted by Crippen LogP contribution is 2.37. The van der Waals surface area contributed by atoms with Crippen LogP contribution in [-0.4, -0.2) is 18.8 Å². The van der Waals surface area contributed by atoms with Gasteiger partial charge in [0.25, 0.3) is 0 Å². The Morgan fingerprint density at radius 3 is 1.66 bits per heavy atom. The van der Waals surface area contributed by atoms with E-state index in [0.29, 0.717) is 33.2 Å². The number of aryl methyl sites for hydroxylation is 1. The number of benzene rings is 5. The molecule has 5 rings (SSSR count). The first-order valence-corrected chi connectivity index (χ1v) is 15.3. The van der Waals surface area contributed by atoms with E-state index in [1.807, 2.05) is 18.2 Å². The number of carbonyl (C=O) groups is 2. The summed E-state index contributed by atoms with van der Waals surface area (Å²) < 4.78 is 94.1. The highest BCUT2D eigenvalue weighted by atomic mass is 19.4. The smallest absolute Gasteiger partial charge is 0.416 e. The van der Waals surface area contributed by atoms with Crippen molar-refractivity contribution < 1.29 is 50.1 Å². The predicted octanol–water partition coefficient (Wildman–Crippen LogP) is 9.83. The minimum atomic E-state index is -4.47. The first-order valence-electron chi connectivity index (χ1n) is 15.3. The van der Waals surface area contributed by atoms with E-state index in [2.05, 4.69) is 10.6 Å². The molecule has 0 aliphatic heterocycles. The second kappa shape index (κ2) is 14.8. The molecule has 0 saturated carbocycles. The number of nitrogens with one attached hydrogen (secondary N) is 2. The SMILES string of the molecule is CCOc1ccc(-c2ccc3ccc(C)c(OC(=O)NCc4ccc(C(F)(F)F)cc4)c3c2)cc1OC(=O)NCc1ccc(C(F)(F)F)cc1. The van der Waals surface area contributed by atoms with Gasteiger partial charge in [0.15, 0.2) is 11.5 Å². The van der Waals surface area contributed by atoms with E-state index >= 15 is 0 Å². The molecule has 0 aliphatic rings. The number of carbonyl (C=O) groups excluding carboxylic acids is 2. The minimum Gasteiger partial charge on any atom is -0.490 e. The lowest BCUT2D eigenvalue weighted by Gasteiger charge is -2.15. The van der Waals surface area contributed by atoms with Gasteiger partial charge in [-0.25, -0.2) is 9.59 Å². The van der Waals surface area contributed by atoms with Crippen molar-refractivity contribution in [1.29, 1.82) is 0 Å². The Morgan fingerprint density at radius 2 is 1.12 bits per heavy atom. The Kier molecular flexibility index (Phi) is 10.5. The maximum atomic E-state index is 12.9. The van der Waals surface area contributed by atoms with Crippen LogP contribution in [0, 0.1) is 6.92 Å². The Balaban J connectivity index is 1.32. The first-order chi connectivity index (χ1) is 23.7. The number of ether oxygens (including phenoxy) is 3. The van der Waals surface area contributed by atoms with Gasteiger partial charge in [0.1, 0.15) is 5.75 Å². The number of fused-ring (bicyclic) bond motifs is 1. The fourth-order valence-electron chi connectivity index (χ4n) is 4.99. The third kappa shape index (κ3) is 8.84. The van der Waals surface area contributed by atoms with Gasteiger partial charge in [-0.05, 0) is 89.5 Å². The van der Waals surface area contributed by atoms with E-state index in [9.17, 15) is 35.9 Å². The van der Waals surface area contributed by atoms with E-state index in [-0.39, 0.29) is 36.9 Å². The fourth-order valence-corrected chi connectivity index (χ4v) is 4.99. The van der Waals surface area contributed by atoms with E-state index in [0.717, 1.165) is 29.7 Å². The second-order valence-electron chi connectivity index (χ2n) is 11.1. The van der Waals surface area contributed by atoms with Gasteiger partial charge in [0, 0.05) is 18.5 Å². The van der Waals surface area contributed by atoms with E-state index in [1.54, 1.807) is 44.2 Å². The molecule has 0 saturated heterocycles. The molecule has 0 spiro atoms. The van der Waals surface area contributed by atoms with Gasteiger partial charge < -0.3 is 24.8 Å². The molecule has 13 heteroatoms. The molecule has 5 aromatic carbocycles. The van der Waals surface area contributed by atoms with Crippen molar-refractivity contribution in [3.63, 3.8) is 0 Å². The van der Waals surface area contributed by atoms with Crippen LogP contribution in [0.25, 0.3) is 21.9 Å². The van der Waals surface area contributed by atoms with Gasteiger partial charge in [-0.3, -0.25) is 0 Å². The van der Waals surface area contributed by atoms with Crippen molar-refractivity contribution in [1.82, 2.24) is 10.6 Å². The zero-order chi connectivity index (χ0) is 36.1. The summed E-state index contributed by atoms with van der Waals surface area (Å²) >= 11 is 0. The molecule has 5 aromatic rings. The molecule has 50 heavy (non-hydrogen) atoms. The molecule has 2 N–H and O–H groups in total. The maximum Gasteiger partial charge on any atom is 0.416 e. The fraction of sp³-hybridized carbons (Fsp3) is 0.189. The van der Waals surface area contributed by atoms with Crippen LogP contribution >= 0.6 is 0 Å². The predicted molar refractivity (Wildman–Crippen MR) is 174 cm³/mol. The largest absolute Gasteiger partial charge is 0.490 e. The topological polar surface area (TPSA) is 85.9 Å². The average molecular weight is 697 g/mol. The Labute approximate surface area is 282 Å². The Hall–Kier alpha value is -5.72. The molecule has 0 radical (unpaired) electrons. The summed E-state index contributed by atoms with van der Waals surface area (Å²) in [6.45, 7) is 3.66. The minimum absolute atomic E-state index is 0.0566. The summed E-state index contributed by atoms with van der Waals surface area (Å²) in [5.74, 6) is 0.656. The van der Waals surface area contributed by atoms with E-state index < -0.39 is 35.7 Å². The molecular formula is C37H30F6N2O5. The van der Waals surface area contributed by atoms with Crippen LogP contribution in [-0.2, 0) is 25.4 Å². The lowest BCUT2D eigenvalue weighted by Crippen LogP contribution is -2.26. The van der Waals surface area contributed by atoms with Gasteiger partial charge in [-0.1, -0.05) is 54.6 Å². The lowest BCUT2D eigenvalue weighted by atomic mass is 9.99. The third-order valence-corrected chi connectivity index (χ3v) is 7.58. The number of halogens is 6. The average Bonchev–Trinajstić information content (AvgIpc) is 3.08. The molecule has 0 unspecified atom stereocenters. The number of rotatable bonds is 9. The normalized spacial score (nSPS) is 11.6. The summed E-state index contributed by atoms with van der Waals surface area (Å²) in [5, 5.41) is 6.44. The Morgan fingerprint density at radius 1 is 0.620 bits per heavy atom. The van der Waals surface area contributed by atoms with Crippen LogP contribution in [0.2, 0.25) is 0 Å². The summed E-state index contributed by atoms with van der Waals surface area (Å²) in [4.78, 5) is 25.5. The molecule has 0 aliphatic carbocycles. The van der Waals surface area contributed by atoms with Gasteiger partial charge in [-0.2, -0.15) is 26.3 Å². The standard InChI is InChI=1S/C37H30F6N2O5/c1-3-48-31-17-12-27(19-32(31)49-34(46)44-20-23-5-13-28(14-6-23)36(38,39)40)26-11-10-25-9-4-22(2)33(30(25)18-26)50-35(47)45-21-24-7-15-29(16-8-24)37(41,42)43/h4-19H,3,20-21H2,1-2H3,(H,44,46)(H,45,47). The summed E-state index contributed by atoms with van der Waals surface area (Å²) in [5.41, 5.74) is 1.25. The molecule has 0 aromatic heterocycles. The van der Waals surface area contributed by atoms with Gasteiger partial charge in [0.2, 0.25) is 0 Å². The molecule has 0 atom stereocenters. The number of hydrogen-bond acceptors (Lipinski definition) is 5. The van der Waals surface area contributed by atoms with Crippen LogP contribution in [0.4, 0.5) is 35.9 Å². The molecule has 0 bridgehead atoms. The van der Waals surface area contributed by atoms with Crippen molar-refractivity contribution >= 4 is 23.0 Å². The van der Waals surface area contributed by atoms with Crippen molar-refractivity contribution in [3.05, 3.63) is 125 Å². The Bertz CT molecular complexity index is 1990. The monoisotopic (exact) mass is 696 g/mol. The second-order valence-corrected chi connectivity index (χ2v) is 11.1. The zero-order valence-electron chi connectivity index (χ0n) is 26.7. The van der Waals surface area contributed by atoms with Gasteiger partial charge >= 0.3 is 24.5 Å². The number of hydrogen-bond donors (Lipinski definition) is 2. The number of alkyl halides is 6. The van der Waals surface area contributed by atoms with Gasteiger partial charge in [-0.15, -0.1) is 0 Å². The quantitative estimate of drug-likeness (QED) is 0.150. The van der Waals surface area contributed by atoms with Crippen LogP contribution < -0.4 is 24.8 Å². The zero-order valence-corrected chi connectivity index (χ0v) is 26.7. The molecule has 7 nitrogen and oxygen atoms in total. The van der Waals surface area contributed by atoms with Crippen molar-refractivity contribution in [2.45, 2.75) is 39.3 Å². The van der Waals surface area contributed by atoms with E-state index in [4.69, 9.17) is 14.2 Å². The highest BCUT2D eigenvalue weighted by Gasteiger charge is 2.30. The highest BCUT2D eigenvalue weighted by molar-refractivity contribution is 5.94. The van der Waals surface area contributed by atoms with E-state index in [1.165, 1.54) is 24.3 Å². The molecule has 2 amide bonds. The van der Waals surface area contributed by atoms with Crippen LogP contribution in [0.1, 0.15) is 34.7 Å². The summed E-state index contributed by atoms with van der Waals surface area (Å²) in [7, 11) is 0. The van der Waals surface area contributed by atoms with Crippen molar-refractivity contribution in [2.75, 3.05) is 6.61 Å². The number of amides is 2. The maximum absolute atomic E-state index is 12.9. The lowest BCUT2D eigenvalue weighted by molar-refractivity contribution is -0.138. The third-order valence-electron chi connectivity index (χ3n) is 7.58. The molecule has 0 heterocycles. The summed E-state index contributed by atoms with van der Waals surface area (Å²) in [6.07, 6.45) is -10.6. The first kappa shape index (κ1) is 35.6. The van der Waals surface area contributed by atoms with Crippen LogP contribution in [0.3, 0.4) is 0 Å². The summed E-state index contributed by atoms with van der Waals surface area (Å²) in [6, 6.07) is 22.9.